The lowest BCUT2D eigenvalue weighted by atomic mass is 10.1. The lowest BCUT2D eigenvalue weighted by molar-refractivity contribution is -0.126. The Bertz CT molecular complexity index is 580. The van der Waals surface area contributed by atoms with Crippen molar-refractivity contribution in [2.24, 2.45) is 5.92 Å². The van der Waals surface area contributed by atoms with E-state index >= 15 is 0 Å². The molecule has 2 rings (SSSR count). The van der Waals surface area contributed by atoms with E-state index in [0.29, 0.717) is 18.7 Å². The maximum Gasteiger partial charge on any atom is 0.227 e. The molecule has 0 aliphatic carbocycles. The summed E-state index contributed by atoms with van der Waals surface area (Å²) in [6.45, 7) is 4.70. The van der Waals surface area contributed by atoms with Crippen molar-refractivity contribution < 1.29 is 14.4 Å². The molecule has 5 heteroatoms. The molecule has 1 unspecified atom stereocenters. The number of nitrogens with one attached hydrogen (secondary N) is 1. The topological polar surface area (TPSA) is 66.5 Å². The molecule has 23 heavy (non-hydrogen) atoms. The van der Waals surface area contributed by atoms with E-state index in [4.69, 9.17) is 0 Å². The average molecular weight is 316 g/mol. The first-order valence-corrected chi connectivity index (χ1v) is 8.22. The van der Waals surface area contributed by atoms with E-state index in [1.54, 1.807) is 29.2 Å². The van der Waals surface area contributed by atoms with E-state index in [0.717, 1.165) is 24.9 Å². The van der Waals surface area contributed by atoms with Crippen LogP contribution >= 0.6 is 0 Å². The van der Waals surface area contributed by atoms with Crippen molar-refractivity contribution >= 4 is 23.3 Å². The van der Waals surface area contributed by atoms with Crippen molar-refractivity contribution in [2.75, 3.05) is 18.0 Å². The Labute approximate surface area is 137 Å². The summed E-state index contributed by atoms with van der Waals surface area (Å²) < 4.78 is 0. The first kappa shape index (κ1) is 17.2. The summed E-state index contributed by atoms with van der Waals surface area (Å²) in [5.41, 5.74) is 1.35. The monoisotopic (exact) mass is 316 g/mol. The van der Waals surface area contributed by atoms with Gasteiger partial charge in [0.25, 0.3) is 0 Å². The molecular formula is C18H24N2O3. The van der Waals surface area contributed by atoms with Crippen LogP contribution in [-0.2, 0) is 9.59 Å². The zero-order valence-corrected chi connectivity index (χ0v) is 13.8. The van der Waals surface area contributed by atoms with Crippen LogP contribution in [0.15, 0.2) is 24.3 Å². The third kappa shape index (κ3) is 4.41. The first-order chi connectivity index (χ1) is 11.0. The van der Waals surface area contributed by atoms with Gasteiger partial charge in [-0.2, -0.15) is 0 Å². The van der Waals surface area contributed by atoms with Crippen molar-refractivity contribution in [2.45, 2.75) is 39.5 Å². The third-order valence-corrected chi connectivity index (χ3v) is 4.16. The van der Waals surface area contributed by atoms with Crippen LogP contribution in [0.3, 0.4) is 0 Å². The van der Waals surface area contributed by atoms with Gasteiger partial charge in [0.05, 0.1) is 5.92 Å². The van der Waals surface area contributed by atoms with Crippen LogP contribution in [-0.4, -0.2) is 30.7 Å². The molecule has 1 N–H and O–H groups in total. The van der Waals surface area contributed by atoms with Crippen LogP contribution in [0, 0.1) is 5.92 Å². The second-order valence-electron chi connectivity index (χ2n) is 6.01. The molecule has 1 heterocycles. The molecular weight excluding hydrogens is 292 g/mol. The van der Waals surface area contributed by atoms with Crippen LogP contribution in [0.5, 0.6) is 0 Å². The van der Waals surface area contributed by atoms with Gasteiger partial charge in [0.2, 0.25) is 11.8 Å². The molecule has 0 spiro atoms. The molecule has 1 fully saturated rings. The second kappa shape index (κ2) is 7.90. The van der Waals surface area contributed by atoms with Crippen LogP contribution < -0.4 is 10.2 Å². The molecule has 0 radical (unpaired) electrons. The number of hydrogen-bond acceptors (Lipinski definition) is 3. The maximum atomic E-state index is 12.2. The van der Waals surface area contributed by atoms with Crippen molar-refractivity contribution in [1.82, 2.24) is 5.32 Å². The van der Waals surface area contributed by atoms with Gasteiger partial charge in [-0.25, -0.2) is 0 Å². The Hall–Kier alpha value is -2.17. The average Bonchev–Trinajstić information content (AvgIpc) is 2.93. The highest BCUT2D eigenvalue weighted by Crippen LogP contribution is 2.25. The standard InChI is InChI=1S/C18H24N2O3/c1-3-4-5-10-19-18(23)15-11-17(22)20(12-15)16-8-6-14(7-9-16)13(2)21/h6-9,15H,3-5,10-12H2,1-2H3,(H,19,23). The number of nitrogens with zero attached hydrogens (tertiary/aromatic N) is 1. The minimum Gasteiger partial charge on any atom is -0.356 e. The Morgan fingerprint density at radius 2 is 1.91 bits per heavy atom. The highest BCUT2D eigenvalue weighted by Gasteiger charge is 2.34. The Balaban J connectivity index is 1.94. The van der Waals surface area contributed by atoms with E-state index in [2.05, 4.69) is 12.2 Å². The largest absolute Gasteiger partial charge is 0.356 e. The number of hydrogen-bond donors (Lipinski definition) is 1. The van der Waals surface area contributed by atoms with Crippen LogP contribution in [0.25, 0.3) is 0 Å². The molecule has 124 valence electrons. The van der Waals surface area contributed by atoms with E-state index in [-0.39, 0.29) is 29.9 Å². The number of ketones is 1. The molecule has 1 aromatic carbocycles. The SMILES string of the molecule is CCCCCNC(=O)C1CC(=O)N(c2ccc(C(C)=O)cc2)C1. The van der Waals surface area contributed by atoms with E-state index in [1.807, 2.05) is 0 Å². The van der Waals surface area contributed by atoms with E-state index in [9.17, 15) is 14.4 Å². The van der Waals surface area contributed by atoms with Crippen LogP contribution in [0.2, 0.25) is 0 Å². The van der Waals surface area contributed by atoms with Gasteiger partial charge in [-0.15, -0.1) is 0 Å². The second-order valence-corrected chi connectivity index (χ2v) is 6.01. The van der Waals surface area contributed by atoms with E-state index < -0.39 is 0 Å². The Morgan fingerprint density at radius 1 is 1.22 bits per heavy atom. The molecule has 1 atom stereocenters. The molecule has 1 aromatic rings. The maximum absolute atomic E-state index is 12.2. The first-order valence-electron chi connectivity index (χ1n) is 8.22. The number of Topliss-reactive ketones (excluding diaryl/α,β-unsaturated/α-hetero) is 1. The number of unbranched alkanes of at least 4 members (excludes halogenated alkanes) is 2. The third-order valence-electron chi connectivity index (χ3n) is 4.16. The zero-order chi connectivity index (χ0) is 16.8. The summed E-state index contributed by atoms with van der Waals surface area (Å²) >= 11 is 0. The van der Waals surface area contributed by atoms with Crippen molar-refractivity contribution in [3.05, 3.63) is 29.8 Å². The number of rotatable bonds is 7. The molecule has 0 aromatic heterocycles. The Kier molecular flexibility index (Phi) is 5.90. The van der Waals surface area contributed by atoms with Gasteiger partial charge < -0.3 is 10.2 Å². The summed E-state index contributed by atoms with van der Waals surface area (Å²) in [6.07, 6.45) is 3.42. The predicted octanol–water partition coefficient (Wildman–Crippen LogP) is 2.55. The molecule has 1 aliphatic heterocycles. The summed E-state index contributed by atoms with van der Waals surface area (Å²) in [6, 6.07) is 6.94. The van der Waals surface area contributed by atoms with E-state index in [1.165, 1.54) is 6.92 Å². The van der Waals surface area contributed by atoms with Gasteiger partial charge in [-0.05, 0) is 37.6 Å². The smallest absolute Gasteiger partial charge is 0.227 e. The molecule has 5 nitrogen and oxygen atoms in total. The summed E-state index contributed by atoms with van der Waals surface area (Å²) in [7, 11) is 0. The highest BCUT2D eigenvalue weighted by atomic mass is 16.2. The van der Waals surface area contributed by atoms with Crippen LogP contribution in [0.1, 0.15) is 49.9 Å². The minimum atomic E-state index is -0.295. The van der Waals surface area contributed by atoms with Gasteiger partial charge in [-0.1, -0.05) is 19.8 Å². The summed E-state index contributed by atoms with van der Waals surface area (Å²) in [5, 5.41) is 2.91. The van der Waals surface area contributed by atoms with Crippen molar-refractivity contribution in [3.63, 3.8) is 0 Å². The van der Waals surface area contributed by atoms with Gasteiger partial charge >= 0.3 is 0 Å². The molecule has 1 saturated heterocycles. The quantitative estimate of drug-likeness (QED) is 0.621. The lowest BCUT2D eigenvalue weighted by Crippen LogP contribution is -2.33. The number of carbonyl (C=O) groups excluding carboxylic acids is 3. The van der Waals surface area contributed by atoms with Crippen molar-refractivity contribution in [1.29, 1.82) is 0 Å². The Morgan fingerprint density at radius 3 is 2.52 bits per heavy atom. The number of anilines is 1. The predicted molar refractivity (Wildman–Crippen MR) is 89.4 cm³/mol. The molecule has 0 bridgehead atoms. The van der Waals surface area contributed by atoms with Gasteiger partial charge in [0.1, 0.15) is 0 Å². The number of benzene rings is 1. The molecule has 1 aliphatic rings. The van der Waals surface area contributed by atoms with Gasteiger partial charge in [0.15, 0.2) is 5.78 Å². The zero-order valence-electron chi connectivity index (χ0n) is 13.8. The molecule has 0 saturated carbocycles. The normalized spacial score (nSPS) is 17.4. The van der Waals surface area contributed by atoms with Gasteiger partial charge in [-0.3, -0.25) is 14.4 Å². The highest BCUT2D eigenvalue weighted by molar-refractivity contribution is 6.01. The number of carbonyl (C=O) groups is 3. The molecule has 2 amide bonds. The van der Waals surface area contributed by atoms with Gasteiger partial charge in [0, 0.05) is 30.8 Å². The lowest BCUT2D eigenvalue weighted by Gasteiger charge is -2.17. The van der Waals surface area contributed by atoms with Crippen molar-refractivity contribution in [3.8, 4) is 0 Å². The van der Waals surface area contributed by atoms with Crippen LogP contribution in [0.4, 0.5) is 5.69 Å². The fraction of sp³-hybridized carbons (Fsp3) is 0.500. The minimum absolute atomic E-state index is 0.00590. The summed E-state index contributed by atoms with van der Waals surface area (Å²) in [5.74, 6) is -0.392. The summed E-state index contributed by atoms with van der Waals surface area (Å²) in [4.78, 5) is 37.2. The fourth-order valence-electron chi connectivity index (χ4n) is 2.74. The fourth-order valence-corrected chi connectivity index (χ4v) is 2.74. The number of amides is 2.